The van der Waals surface area contributed by atoms with Gasteiger partial charge >= 0.3 is 12.4 Å². The molecule has 6 heteroatoms. The van der Waals surface area contributed by atoms with Gasteiger partial charge < -0.3 is 0 Å². The molecule has 0 spiro atoms. The van der Waals surface area contributed by atoms with E-state index in [0.717, 1.165) is 0 Å². The molecular weight excluding hydrogens is 234 g/mol. The first kappa shape index (κ1) is 11.5. The molecule has 2 bridgehead atoms. The third-order valence-electron chi connectivity index (χ3n) is 3.01. The summed E-state index contributed by atoms with van der Waals surface area (Å²) in [6, 6.07) is 0. The highest BCUT2D eigenvalue weighted by molar-refractivity contribution is 5.39. The second kappa shape index (κ2) is 3.28. The number of fused-ring (bicyclic) bond motifs is 1. The van der Waals surface area contributed by atoms with Crippen LogP contribution in [0.4, 0.5) is 26.3 Å². The quantitative estimate of drug-likeness (QED) is 0.445. The predicted molar refractivity (Wildman–Crippen MR) is 44.5 cm³/mol. The zero-order chi connectivity index (χ0) is 12.1. The van der Waals surface area contributed by atoms with Crippen molar-refractivity contribution >= 4 is 0 Å². The molecule has 3 rings (SSSR count). The molecule has 0 nitrogen and oxygen atoms in total. The lowest BCUT2D eigenvalue weighted by molar-refractivity contribution is -0.127. The van der Waals surface area contributed by atoms with Gasteiger partial charge in [0.05, 0.1) is 0 Å². The second-order valence-electron chi connectivity index (χ2n) is 4.00. The minimum absolute atomic E-state index is 0.148. The van der Waals surface area contributed by atoms with E-state index in [4.69, 9.17) is 0 Å². The normalized spacial score (nSPS) is 30.1. The van der Waals surface area contributed by atoms with Crippen LogP contribution in [0.2, 0.25) is 0 Å². The number of hydrogen-bond donors (Lipinski definition) is 0. The van der Waals surface area contributed by atoms with E-state index in [1.165, 1.54) is 12.2 Å². The first-order chi connectivity index (χ1) is 7.21. The molecule has 0 saturated heterocycles. The molecule has 2 atom stereocenters. The van der Waals surface area contributed by atoms with Gasteiger partial charge in [0.2, 0.25) is 0 Å². The Morgan fingerprint density at radius 1 is 0.750 bits per heavy atom. The Balaban J connectivity index is 2.56. The summed E-state index contributed by atoms with van der Waals surface area (Å²) in [5.41, 5.74) is -2.78. The molecule has 3 aliphatic carbocycles. The third-order valence-corrected chi connectivity index (χ3v) is 3.01. The molecule has 2 unspecified atom stereocenters. The van der Waals surface area contributed by atoms with Crippen LogP contribution in [0.15, 0.2) is 23.3 Å². The highest BCUT2D eigenvalue weighted by Crippen LogP contribution is 2.52. The molecule has 0 radical (unpaired) electrons. The summed E-state index contributed by atoms with van der Waals surface area (Å²) >= 11 is 0. The van der Waals surface area contributed by atoms with Crippen LogP contribution in [-0.2, 0) is 0 Å². The number of hydrogen-bond acceptors (Lipinski definition) is 0. The van der Waals surface area contributed by atoms with Crippen LogP contribution in [0.25, 0.3) is 0 Å². The largest absolute Gasteiger partial charge is 0.413 e. The highest BCUT2D eigenvalue weighted by atomic mass is 19.4. The molecule has 16 heavy (non-hydrogen) atoms. The zero-order valence-electron chi connectivity index (χ0n) is 7.99. The average molecular weight is 242 g/mol. The second-order valence-corrected chi connectivity index (χ2v) is 4.00. The van der Waals surface area contributed by atoms with Gasteiger partial charge in [-0.05, 0) is 12.8 Å². The van der Waals surface area contributed by atoms with E-state index in [2.05, 4.69) is 0 Å². The Morgan fingerprint density at radius 3 is 1.25 bits per heavy atom. The lowest BCUT2D eigenvalue weighted by atomic mass is 9.71. The Morgan fingerprint density at radius 2 is 1.06 bits per heavy atom. The van der Waals surface area contributed by atoms with Gasteiger partial charge in [0, 0.05) is 23.0 Å². The van der Waals surface area contributed by atoms with Gasteiger partial charge in [-0.2, -0.15) is 26.3 Å². The van der Waals surface area contributed by atoms with E-state index >= 15 is 0 Å². The van der Waals surface area contributed by atoms with Gasteiger partial charge in [-0.1, -0.05) is 12.2 Å². The maximum Gasteiger partial charge on any atom is 0.413 e. The molecular formula is C10H8F6. The fourth-order valence-electron chi connectivity index (χ4n) is 2.43. The van der Waals surface area contributed by atoms with Crippen molar-refractivity contribution in [2.45, 2.75) is 25.2 Å². The number of rotatable bonds is 0. The van der Waals surface area contributed by atoms with E-state index in [1.54, 1.807) is 0 Å². The van der Waals surface area contributed by atoms with Crippen LogP contribution < -0.4 is 0 Å². The topological polar surface area (TPSA) is 0 Å². The Kier molecular flexibility index (Phi) is 2.36. The van der Waals surface area contributed by atoms with E-state index < -0.39 is 35.3 Å². The summed E-state index contributed by atoms with van der Waals surface area (Å²) in [6.45, 7) is 0. The molecule has 0 heterocycles. The maximum atomic E-state index is 12.6. The van der Waals surface area contributed by atoms with Crippen LogP contribution in [0.3, 0.4) is 0 Å². The molecule has 0 aromatic heterocycles. The van der Waals surface area contributed by atoms with Crippen LogP contribution in [0, 0.1) is 11.8 Å². The standard InChI is InChI=1S/C10H8F6/c11-9(12,13)7-5-1-2-6(4-3-5)8(7)10(14,15)16/h1-2,5-6H,3-4H2. The molecule has 0 N–H and O–H groups in total. The fourth-order valence-corrected chi connectivity index (χ4v) is 2.43. The van der Waals surface area contributed by atoms with Gasteiger partial charge in [-0.3, -0.25) is 0 Å². The minimum atomic E-state index is -4.89. The zero-order valence-corrected chi connectivity index (χ0v) is 7.99. The molecule has 0 aromatic carbocycles. The van der Waals surface area contributed by atoms with Crippen LogP contribution in [0.5, 0.6) is 0 Å². The van der Waals surface area contributed by atoms with Gasteiger partial charge in [0.15, 0.2) is 0 Å². The smallest absolute Gasteiger partial charge is 0.166 e. The molecule has 0 fully saturated rings. The lowest BCUT2D eigenvalue weighted by Gasteiger charge is -2.37. The highest BCUT2D eigenvalue weighted by Gasteiger charge is 2.53. The van der Waals surface area contributed by atoms with Gasteiger partial charge in [0.1, 0.15) is 0 Å². The summed E-state index contributed by atoms with van der Waals surface area (Å²) < 4.78 is 75.5. The summed E-state index contributed by atoms with van der Waals surface area (Å²) in [4.78, 5) is 0. The van der Waals surface area contributed by atoms with E-state index in [9.17, 15) is 26.3 Å². The SMILES string of the molecule is FC(F)(F)C1=C(C(F)(F)F)C2C=CC1CC2. The first-order valence-corrected chi connectivity index (χ1v) is 4.78. The Bertz CT molecular complexity index is 322. The molecule has 0 saturated carbocycles. The van der Waals surface area contributed by atoms with Crippen LogP contribution in [0.1, 0.15) is 12.8 Å². The monoisotopic (exact) mass is 242 g/mol. The number of halogens is 6. The first-order valence-electron chi connectivity index (χ1n) is 4.78. The summed E-state index contributed by atoms with van der Waals surface area (Å²) in [6.07, 6.45) is -7.00. The summed E-state index contributed by atoms with van der Waals surface area (Å²) in [7, 11) is 0. The van der Waals surface area contributed by atoms with Crippen molar-refractivity contribution in [3.05, 3.63) is 23.3 Å². The predicted octanol–water partition coefficient (Wildman–Crippen LogP) is 4.00. The molecule has 90 valence electrons. The fraction of sp³-hybridized carbons (Fsp3) is 0.600. The van der Waals surface area contributed by atoms with E-state index in [-0.39, 0.29) is 12.8 Å². The van der Waals surface area contributed by atoms with Crippen LogP contribution >= 0.6 is 0 Å². The maximum absolute atomic E-state index is 12.6. The Labute approximate surface area is 87.6 Å². The molecule has 0 aromatic rings. The van der Waals surface area contributed by atoms with Crippen molar-refractivity contribution in [1.29, 1.82) is 0 Å². The molecule has 0 amide bonds. The minimum Gasteiger partial charge on any atom is -0.166 e. The summed E-state index contributed by atoms with van der Waals surface area (Å²) in [5.74, 6) is -2.25. The van der Waals surface area contributed by atoms with Crippen molar-refractivity contribution in [2.75, 3.05) is 0 Å². The van der Waals surface area contributed by atoms with Gasteiger partial charge in [-0.25, -0.2) is 0 Å². The van der Waals surface area contributed by atoms with E-state index in [0.29, 0.717) is 0 Å². The lowest BCUT2D eigenvalue weighted by Crippen LogP contribution is -2.36. The van der Waals surface area contributed by atoms with E-state index in [1.807, 2.05) is 0 Å². The van der Waals surface area contributed by atoms with Crippen molar-refractivity contribution < 1.29 is 26.3 Å². The van der Waals surface area contributed by atoms with Crippen molar-refractivity contribution in [3.63, 3.8) is 0 Å². The van der Waals surface area contributed by atoms with Gasteiger partial charge in [-0.15, -0.1) is 0 Å². The number of allylic oxidation sites excluding steroid dienone is 4. The Hall–Kier alpha value is -0.940. The van der Waals surface area contributed by atoms with Gasteiger partial charge in [0.25, 0.3) is 0 Å². The van der Waals surface area contributed by atoms with Crippen LogP contribution in [-0.4, -0.2) is 12.4 Å². The number of alkyl halides is 6. The molecule has 0 aliphatic heterocycles. The van der Waals surface area contributed by atoms with Crippen molar-refractivity contribution in [2.24, 2.45) is 11.8 Å². The average Bonchev–Trinajstić information content (AvgIpc) is 2.15. The third kappa shape index (κ3) is 1.74. The van der Waals surface area contributed by atoms with Crippen molar-refractivity contribution in [3.8, 4) is 0 Å². The van der Waals surface area contributed by atoms with Crippen molar-refractivity contribution in [1.82, 2.24) is 0 Å². The summed E-state index contributed by atoms with van der Waals surface area (Å²) in [5, 5.41) is 0. The molecule has 3 aliphatic rings.